The summed E-state index contributed by atoms with van der Waals surface area (Å²) in [7, 11) is -3.46. The second-order valence-corrected chi connectivity index (χ2v) is 7.20. The molecule has 0 aliphatic carbocycles. The van der Waals surface area contributed by atoms with Gasteiger partial charge in [-0.3, -0.25) is 0 Å². The summed E-state index contributed by atoms with van der Waals surface area (Å²) in [6, 6.07) is 0. The van der Waals surface area contributed by atoms with Crippen molar-refractivity contribution >= 4 is 10.2 Å². The van der Waals surface area contributed by atoms with Gasteiger partial charge in [0.2, 0.25) is 0 Å². The van der Waals surface area contributed by atoms with E-state index in [9.17, 15) is 8.42 Å². The predicted molar refractivity (Wildman–Crippen MR) is 64.9 cm³/mol. The lowest BCUT2D eigenvalue weighted by atomic mass is 9.99. The number of nitrogens with two attached hydrogens (primary N) is 1. The highest BCUT2D eigenvalue weighted by Crippen LogP contribution is 2.22. The molecule has 0 saturated carbocycles. The van der Waals surface area contributed by atoms with Crippen LogP contribution in [0.4, 0.5) is 0 Å². The molecule has 3 N–H and O–H groups in total. The van der Waals surface area contributed by atoms with Gasteiger partial charge >= 0.3 is 0 Å². The highest BCUT2D eigenvalue weighted by molar-refractivity contribution is 7.87. The van der Waals surface area contributed by atoms with Crippen molar-refractivity contribution in [3.8, 4) is 0 Å². The maximum absolute atomic E-state index is 12.1. The predicted octanol–water partition coefficient (Wildman–Crippen LogP) is 0.636. The third-order valence-corrected chi connectivity index (χ3v) is 4.61. The van der Waals surface area contributed by atoms with Gasteiger partial charge in [0, 0.05) is 12.1 Å². The Labute approximate surface area is 98.6 Å². The topological polar surface area (TPSA) is 75.4 Å². The van der Waals surface area contributed by atoms with Crippen LogP contribution in [0.1, 0.15) is 40.5 Å². The van der Waals surface area contributed by atoms with E-state index in [1.165, 1.54) is 4.31 Å². The third kappa shape index (κ3) is 3.41. The zero-order chi connectivity index (χ0) is 12.6. The van der Waals surface area contributed by atoms with E-state index in [1.54, 1.807) is 0 Å². The Hall–Kier alpha value is -0.170. The van der Waals surface area contributed by atoms with Crippen LogP contribution in [-0.2, 0) is 10.2 Å². The molecule has 0 amide bonds. The van der Waals surface area contributed by atoms with Crippen LogP contribution in [0.15, 0.2) is 0 Å². The summed E-state index contributed by atoms with van der Waals surface area (Å²) in [5.41, 5.74) is 5.46. The molecule has 0 radical (unpaired) electrons. The summed E-state index contributed by atoms with van der Waals surface area (Å²) in [5.74, 6) is 0.213. The van der Waals surface area contributed by atoms with Crippen LogP contribution in [0.2, 0.25) is 0 Å². The fraction of sp³-hybridized carbons (Fsp3) is 1.00. The Morgan fingerprint density at radius 2 is 1.94 bits per heavy atom. The van der Waals surface area contributed by atoms with E-state index in [1.807, 2.05) is 27.7 Å². The number of nitrogens with one attached hydrogen (secondary N) is 1. The van der Waals surface area contributed by atoms with Crippen LogP contribution in [0, 0.1) is 5.92 Å². The van der Waals surface area contributed by atoms with E-state index in [0.29, 0.717) is 6.54 Å². The minimum absolute atomic E-state index is 0.213. The summed E-state index contributed by atoms with van der Waals surface area (Å²) < 4.78 is 28.2. The van der Waals surface area contributed by atoms with Crippen LogP contribution >= 0.6 is 0 Å². The molecule has 1 aliphatic rings. The normalized spacial score (nSPS) is 29.3. The molecule has 2 unspecified atom stereocenters. The van der Waals surface area contributed by atoms with Gasteiger partial charge in [0.05, 0.1) is 6.17 Å². The van der Waals surface area contributed by atoms with Gasteiger partial charge in [-0.05, 0) is 39.5 Å². The first kappa shape index (κ1) is 13.9. The average Bonchev–Trinajstić information content (AvgIpc) is 2.05. The standard InChI is InChI=1S/C10H23N3O2S/c1-8-6-5-7-13(9(8)11)16(14,15)12-10(2,3)4/h8-9,12H,5-7,11H2,1-4H3. The molecule has 1 aliphatic heterocycles. The van der Waals surface area contributed by atoms with Gasteiger partial charge in [-0.1, -0.05) is 6.92 Å². The third-order valence-electron chi connectivity index (χ3n) is 2.70. The van der Waals surface area contributed by atoms with Crippen molar-refractivity contribution in [2.45, 2.75) is 52.2 Å². The van der Waals surface area contributed by atoms with E-state index >= 15 is 0 Å². The molecule has 0 aromatic heterocycles. The largest absolute Gasteiger partial charge is 0.315 e. The Kier molecular flexibility index (Phi) is 3.99. The van der Waals surface area contributed by atoms with Crippen LogP contribution in [0.5, 0.6) is 0 Å². The van der Waals surface area contributed by atoms with E-state index in [-0.39, 0.29) is 5.92 Å². The molecule has 0 spiro atoms. The van der Waals surface area contributed by atoms with E-state index < -0.39 is 21.9 Å². The summed E-state index contributed by atoms with van der Waals surface area (Å²) in [6.45, 7) is 7.97. The summed E-state index contributed by atoms with van der Waals surface area (Å²) in [6.07, 6.45) is 1.46. The highest BCUT2D eigenvalue weighted by atomic mass is 32.2. The molecule has 1 fully saturated rings. The van der Waals surface area contributed by atoms with Gasteiger partial charge in [0.15, 0.2) is 0 Å². The first-order chi connectivity index (χ1) is 7.13. The van der Waals surface area contributed by atoms with Crippen LogP contribution < -0.4 is 10.5 Å². The van der Waals surface area contributed by atoms with Gasteiger partial charge in [-0.15, -0.1) is 0 Å². The highest BCUT2D eigenvalue weighted by Gasteiger charge is 2.35. The SMILES string of the molecule is CC1CCCN(S(=O)(=O)NC(C)(C)C)C1N. The van der Waals surface area contributed by atoms with Crippen LogP contribution in [-0.4, -0.2) is 31.0 Å². The molecular formula is C10H23N3O2S. The molecule has 0 bridgehead atoms. The average molecular weight is 249 g/mol. The molecule has 0 aromatic rings. The summed E-state index contributed by atoms with van der Waals surface area (Å²) >= 11 is 0. The second kappa shape index (κ2) is 4.60. The molecule has 96 valence electrons. The number of nitrogens with zero attached hydrogens (tertiary/aromatic N) is 1. The number of piperidine rings is 1. The minimum Gasteiger partial charge on any atom is -0.315 e. The quantitative estimate of drug-likeness (QED) is 0.754. The van der Waals surface area contributed by atoms with E-state index in [2.05, 4.69) is 4.72 Å². The van der Waals surface area contributed by atoms with E-state index in [4.69, 9.17) is 5.73 Å². The van der Waals surface area contributed by atoms with Crippen LogP contribution in [0.25, 0.3) is 0 Å². The smallest absolute Gasteiger partial charge is 0.281 e. The van der Waals surface area contributed by atoms with Gasteiger partial charge in [0.25, 0.3) is 10.2 Å². The molecule has 1 saturated heterocycles. The molecule has 5 nitrogen and oxygen atoms in total. The van der Waals surface area contributed by atoms with Crippen molar-refractivity contribution in [2.75, 3.05) is 6.54 Å². The second-order valence-electron chi connectivity index (χ2n) is 5.58. The Balaban J connectivity index is 2.83. The molecule has 0 aromatic carbocycles. The number of hydrogen-bond donors (Lipinski definition) is 2. The zero-order valence-electron chi connectivity index (χ0n) is 10.5. The minimum atomic E-state index is -3.46. The first-order valence-corrected chi connectivity index (χ1v) is 7.14. The van der Waals surface area contributed by atoms with Crippen molar-refractivity contribution < 1.29 is 8.42 Å². The van der Waals surface area contributed by atoms with E-state index in [0.717, 1.165) is 12.8 Å². The van der Waals surface area contributed by atoms with Crippen LogP contribution in [0.3, 0.4) is 0 Å². The molecular weight excluding hydrogens is 226 g/mol. The fourth-order valence-corrected chi connectivity index (χ4v) is 3.69. The first-order valence-electron chi connectivity index (χ1n) is 5.70. The monoisotopic (exact) mass is 249 g/mol. The van der Waals surface area contributed by atoms with Crippen molar-refractivity contribution in [1.82, 2.24) is 9.03 Å². The van der Waals surface area contributed by atoms with Crippen molar-refractivity contribution in [2.24, 2.45) is 11.7 Å². The Morgan fingerprint density at radius 1 is 1.38 bits per heavy atom. The zero-order valence-corrected chi connectivity index (χ0v) is 11.3. The fourth-order valence-electron chi connectivity index (χ4n) is 1.90. The summed E-state index contributed by atoms with van der Waals surface area (Å²) in [5, 5.41) is 0. The van der Waals surface area contributed by atoms with Crippen molar-refractivity contribution in [1.29, 1.82) is 0 Å². The van der Waals surface area contributed by atoms with Crippen molar-refractivity contribution in [3.05, 3.63) is 0 Å². The maximum Gasteiger partial charge on any atom is 0.281 e. The molecule has 1 heterocycles. The van der Waals surface area contributed by atoms with Gasteiger partial charge in [-0.2, -0.15) is 17.4 Å². The molecule has 1 rings (SSSR count). The summed E-state index contributed by atoms with van der Waals surface area (Å²) in [4.78, 5) is 0. The molecule has 6 heteroatoms. The lowest BCUT2D eigenvalue weighted by molar-refractivity contribution is 0.188. The lowest BCUT2D eigenvalue weighted by Crippen LogP contribution is -2.58. The van der Waals surface area contributed by atoms with Gasteiger partial charge in [0.1, 0.15) is 0 Å². The molecule has 16 heavy (non-hydrogen) atoms. The number of rotatable bonds is 2. The van der Waals surface area contributed by atoms with Crippen molar-refractivity contribution in [3.63, 3.8) is 0 Å². The lowest BCUT2D eigenvalue weighted by Gasteiger charge is -2.37. The Morgan fingerprint density at radius 3 is 2.44 bits per heavy atom. The van der Waals surface area contributed by atoms with Gasteiger partial charge in [-0.25, -0.2) is 0 Å². The molecule has 2 atom stereocenters. The maximum atomic E-state index is 12.1. The Bertz CT molecular complexity index is 334. The number of hydrogen-bond acceptors (Lipinski definition) is 3. The van der Waals surface area contributed by atoms with Gasteiger partial charge < -0.3 is 5.73 Å².